The van der Waals surface area contributed by atoms with E-state index in [2.05, 4.69) is 0 Å². The second kappa shape index (κ2) is 9.91. The van der Waals surface area contributed by atoms with Crippen molar-refractivity contribution in [3.05, 3.63) is 68.4 Å². The third-order valence-electron chi connectivity index (χ3n) is 8.52. The number of carbonyl (C=O) groups excluding carboxylic acids is 6. The minimum Gasteiger partial charge on any atom is -0.492 e. The van der Waals surface area contributed by atoms with E-state index in [0.717, 1.165) is 0 Å². The zero-order chi connectivity index (χ0) is 30.1. The summed E-state index contributed by atoms with van der Waals surface area (Å²) >= 11 is 0. The fourth-order valence-corrected chi connectivity index (χ4v) is 6.24. The molecule has 3 heterocycles. The Bertz CT molecular complexity index is 1560. The maximum Gasteiger partial charge on any atom is 0.333 e. The molecule has 0 spiro atoms. The van der Waals surface area contributed by atoms with Crippen LogP contribution >= 0.6 is 0 Å². The van der Waals surface area contributed by atoms with Crippen LogP contribution in [-0.4, -0.2) is 90.8 Å². The highest BCUT2D eigenvalue weighted by Gasteiger charge is 2.57. The lowest BCUT2D eigenvalue weighted by molar-refractivity contribution is -0.149. The predicted octanol–water partition coefficient (Wildman–Crippen LogP) is 1.41. The van der Waals surface area contributed by atoms with Crippen molar-refractivity contribution in [2.24, 2.45) is 0 Å². The normalized spacial score (nSPS) is 26.8. The van der Waals surface area contributed by atoms with E-state index in [1.165, 1.54) is 39.0 Å². The number of allylic oxidation sites excluding steroid dienone is 7. The van der Waals surface area contributed by atoms with Crippen molar-refractivity contribution in [2.75, 3.05) is 27.9 Å². The number of methoxy groups -OCH3 is 2. The monoisotopic (exact) mass is 562 g/mol. The first-order valence-electron chi connectivity index (χ1n) is 13.1. The van der Waals surface area contributed by atoms with Gasteiger partial charge in [0.15, 0.2) is 23.1 Å². The van der Waals surface area contributed by atoms with Gasteiger partial charge in [0, 0.05) is 51.1 Å². The Hall–Kier alpha value is -4.38. The van der Waals surface area contributed by atoms with Crippen LogP contribution in [0.25, 0.3) is 0 Å². The molecule has 5 rings (SSSR count). The first-order valence-corrected chi connectivity index (χ1v) is 13.1. The highest BCUT2D eigenvalue weighted by molar-refractivity contribution is 6.27. The molecule has 1 saturated heterocycles. The molecule has 2 bridgehead atoms. The van der Waals surface area contributed by atoms with E-state index in [4.69, 9.17) is 14.2 Å². The number of esters is 1. The maximum atomic E-state index is 14.1. The maximum absolute atomic E-state index is 14.1. The number of hydrogen-bond donors (Lipinski definition) is 0. The summed E-state index contributed by atoms with van der Waals surface area (Å²) in [6, 6.07) is -2.93. The summed E-state index contributed by atoms with van der Waals surface area (Å²) in [7, 11) is 4.25. The molecule has 11 heteroatoms. The molecule has 1 fully saturated rings. The Morgan fingerprint density at radius 3 is 2.12 bits per heavy atom. The van der Waals surface area contributed by atoms with Crippen molar-refractivity contribution in [2.45, 2.75) is 52.2 Å². The van der Waals surface area contributed by atoms with Gasteiger partial charge >= 0.3 is 5.97 Å². The van der Waals surface area contributed by atoms with Gasteiger partial charge in [0.05, 0.1) is 26.3 Å². The van der Waals surface area contributed by atoms with Gasteiger partial charge in [0.1, 0.15) is 12.6 Å². The molecule has 41 heavy (non-hydrogen) atoms. The van der Waals surface area contributed by atoms with Gasteiger partial charge in [-0.05, 0) is 40.8 Å². The molecule has 0 radical (unpaired) electrons. The van der Waals surface area contributed by atoms with Crippen LogP contribution in [0.4, 0.5) is 0 Å². The van der Waals surface area contributed by atoms with E-state index in [-0.39, 0.29) is 62.9 Å². The van der Waals surface area contributed by atoms with Gasteiger partial charge in [0.25, 0.3) is 0 Å². The van der Waals surface area contributed by atoms with Gasteiger partial charge in [-0.1, -0.05) is 6.08 Å². The van der Waals surface area contributed by atoms with Crippen molar-refractivity contribution in [3.63, 3.8) is 0 Å². The van der Waals surface area contributed by atoms with Crippen molar-refractivity contribution in [1.82, 2.24) is 9.80 Å². The molecular formula is C30H30N2O9. The number of fused-ring (bicyclic) bond motifs is 5. The highest BCUT2D eigenvalue weighted by atomic mass is 16.5. The molecule has 1 amide bonds. The number of hydrogen-bond acceptors (Lipinski definition) is 10. The van der Waals surface area contributed by atoms with E-state index < -0.39 is 54.0 Å². The third kappa shape index (κ3) is 3.82. The summed E-state index contributed by atoms with van der Waals surface area (Å²) in [6.07, 6.45) is 2.97. The van der Waals surface area contributed by atoms with E-state index >= 15 is 0 Å². The summed E-state index contributed by atoms with van der Waals surface area (Å²) in [5.74, 6) is -3.30. The lowest BCUT2D eigenvalue weighted by atomic mass is 9.72. The van der Waals surface area contributed by atoms with Crippen molar-refractivity contribution >= 4 is 35.0 Å². The van der Waals surface area contributed by atoms with E-state index in [0.29, 0.717) is 5.57 Å². The molecule has 0 saturated carbocycles. The second-order valence-corrected chi connectivity index (χ2v) is 10.5. The average molecular weight is 563 g/mol. The number of rotatable bonds is 5. The standard InChI is InChI=1S/C30H30N2O9/c1-8-12(2)30(38)41-11-19-20-15(23(33)13(3)27(39-6)25(20)35)9-17-22-21-16(10-18(31(22)5)29(37)32(17)19)24(34)14(4)28(40-7)26(21)36/h8-9,18-19,22H,10-11H2,1-7H3/b12-8-/t18-,19+,22+/m1/s1. The van der Waals surface area contributed by atoms with Crippen molar-refractivity contribution in [3.8, 4) is 0 Å². The zero-order valence-corrected chi connectivity index (χ0v) is 23.9. The molecule has 11 nitrogen and oxygen atoms in total. The largest absolute Gasteiger partial charge is 0.492 e. The molecule has 0 unspecified atom stereocenters. The van der Waals surface area contributed by atoms with E-state index in [1.807, 2.05) is 0 Å². The van der Waals surface area contributed by atoms with E-state index in [1.54, 1.807) is 31.9 Å². The Morgan fingerprint density at radius 2 is 1.54 bits per heavy atom. The number of amides is 1. The van der Waals surface area contributed by atoms with Crippen LogP contribution in [0.15, 0.2) is 68.4 Å². The average Bonchev–Trinajstić information content (AvgIpc) is 2.95. The molecule has 0 aromatic rings. The molecule has 0 aromatic heterocycles. The molecule has 2 aliphatic carbocycles. The first-order chi connectivity index (χ1) is 19.4. The van der Waals surface area contributed by atoms with Crippen molar-refractivity contribution in [1.29, 1.82) is 0 Å². The van der Waals surface area contributed by atoms with Gasteiger partial charge in [-0.3, -0.25) is 28.9 Å². The summed E-state index contributed by atoms with van der Waals surface area (Å²) in [4.78, 5) is 84.1. The van der Waals surface area contributed by atoms with Crippen LogP contribution in [0.1, 0.15) is 34.1 Å². The lowest BCUT2D eigenvalue weighted by Gasteiger charge is -2.53. The summed E-state index contributed by atoms with van der Waals surface area (Å²) in [6.45, 7) is 5.79. The van der Waals surface area contributed by atoms with Gasteiger partial charge in [0.2, 0.25) is 17.5 Å². The summed E-state index contributed by atoms with van der Waals surface area (Å²) in [5, 5.41) is 0. The Morgan fingerprint density at radius 1 is 0.951 bits per heavy atom. The first kappa shape index (κ1) is 28.2. The number of likely N-dealkylation sites (N-methyl/N-ethyl adjacent to an activating group) is 1. The zero-order valence-electron chi connectivity index (χ0n) is 23.9. The van der Waals surface area contributed by atoms with Crippen LogP contribution in [0.2, 0.25) is 0 Å². The topological polar surface area (TPSA) is 137 Å². The van der Waals surface area contributed by atoms with E-state index in [9.17, 15) is 28.8 Å². The Kier molecular flexibility index (Phi) is 6.81. The molecule has 0 aromatic carbocycles. The minimum atomic E-state index is -1.17. The summed E-state index contributed by atoms with van der Waals surface area (Å²) < 4.78 is 16.1. The lowest BCUT2D eigenvalue weighted by Crippen LogP contribution is -2.67. The molecular weight excluding hydrogens is 532 g/mol. The second-order valence-electron chi connectivity index (χ2n) is 10.5. The molecule has 5 aliphatic rings. The van der Waals surface area contributed by atoms with Crippen LogP contribution in [0, 0.1) is 0 Å². The van der Waals surface area contributed by atoms with Gasteiger partial charge < -0.3 is 19.1 Å². The predicted molar refractivity (Wildman–Crippen MR) is 143 cm³/mol. The summed E-state index contributed by atoms with van der Waals surface area (Å²) in [5.41, 5.74) is 1.17. The SMILES string of the molecule is C/C=C(/C)C(=O)OC[C@H]1C2=C(C=C3[C@H]4C5=C(C[C@H](C(=O)N31)N4C)C(=O)C(C)=C(OC)C5=O)C(=O)C(C)=C(OC)C2=O. The molecule has 3 atom stereocenters. The van der Waals surface area contributed by atoms with Gasteiger partial charge in [-0.15, -0.1) is 0 Å². The van der Waals surface area contributed by atoms with Crippen LogP contribution < -0.4 is 0 Å². The van der Waals surface area contributed by atoms with Crippen LogP contribution in [0.5, 0.6) is 0 Å². The molecule has 3 aliphatic heterocycles. The molecule has 0 N–H and O–H groups in total. The Labute approximate surface area is 236 Å². The number of piperazine rings is 1. The number of Topliss-reactive ketones (excluding diaryl/α,β-unsaturated/α-hetero) is 4. The fourth-order valence-electron chi connectivity index (χ4n) is 6.24. The number of nitrogens with zero attached hydrogens (tertiary/aromatic N) is 2. The Balaban J connectivity index is 1.72. The van der Waals surface area contributed by atoms with Gasteiger partial charge in [-0.2, -0.15) is 0 Å². The minimum absolute atomic E-state index is 0.0176. The quantitative estimate of drug-likeness (QED) is 0.275. The molecule has 214 valence electrons. The van der Waals surface area contributed by atoms with Crippen molar-refractivity contribution < 1.29 is 43.0 Å². The smallest absolute Gasteiger partial charge is 0.333 e. The van der Waals surface area contributed by atoms with Crippen LogP contribution in [0.3, 0.4) is 0 Å². The van der Waals surface area contributed by atoms with Gasteiger partial charge in [-0.25, -0.2) is 4.79 Å². The highest BCUT2D eigenvalue weighted by Crippen LogP contribution is 2.47. The van der Waals surface area contributed by atoms with Crippen LogP contribution in [-0.2, 0) is 43.0 Å². The number of ether oxygens (including phenoxy) is 3. The number of carbonyl (C=O) groups is 6. The fraction of sp³-hybridized carbons (Fsp3) is 0.400. The third-order valence-corrected chi connectivity index (χ3v) is 8.52. The number of ketones is 4.